The van der Waals surface area contributed by atoms with E-state index in [0.717, 1.165) is 4.90 Å². The summed E-state index contributed by atoms with van der Waals surface area (Å²) in [6.07, 6.45) is 1.50. The predicted molar refractivity (Wildman–Crippen MR) is 97.8 cm³/mol. The maximum atomic E-state index is 12.6. The van der Waals surface area contributed by atoms with E-state index in [-0.39, 0.29) is 17.2 Å². The van der Waals surface area contributed by atoms with Crippen LogP contribution in [0.5, 0.6) is 11.5 Å². The van der Waals surface area contributed by atoms with Crippen LogP contribution in [0.15, 0.2) is 46.6 Å². The molecule has 1 fully saturated rings. The van der Waals surface area contributed by atoms with Crippen molar-refractivity contribution in [2.45, 2.75) is 0 Å². The SMILES string of the molecule is COc1cc(/C=C2/NC(=O)N(c3cccc(Cl)c3)C2=O)cc(Br)c1O. The Bertz CT molecular complexity index is 914. The van der Waals surface area contributed by atoms with Gasteiger partial charge in [-0.1, -0.05) is 17.7 Å². The van der Waals surface area contributed by atoms with Crippen molar-refractivity contribution in [3.8, 4) is 11.5 Å². The van der Waals surface area contributed by atoms with Gasteiger partial charge in [0.15, 0.2) is 11.5 Å². The second-order valence-electron chi connectivity index (χ2n) is 5.16. The summed E-state index contributed by atoms with van der Waals surface area (Å²) in [5.74, 6) is -0.313. The maximum Gasteiger partial charge on any atom is 0.333 e. The molecule has 0 aliphatic carbocycles. The van der Waals surface area contributed by atoms with Gasteiger partial charge in [0.05, 0.1) is 17.3 Å². The zero-order valence-electron chi connectivity index (χ0n) is 12.9. The number of phenols is 1. The highest BCUT2D eigenvalue weighted by atomic mass is 79.9. The molecule has 8 heteroatoms. The van der Waals surface area contributed by atoms with Gasteiger partial charge in [-0.05, 0) is 57.9 Å². The first-order valence-electron chi connectivity index (χ1n) is 7.10. The number of carbonyl (C=O) groups excluding carboxylic acids is 2. The molecule has 0 aromatic heterocycles. The number of methoxy groups -OCH3 is 1. The van der Waals surface area contributed by atoms with Crippen LogP contribution in [0.1, 0.15) is 5.56 Å². The van der Waals surface area contributed by atoms with E-state index in [4.69, 9.17) is 16.3 Å². The van der Waals surface area contributed by atoms with Gasteiger partial charge in [0.1, 0.15) is 5.70 Å². The highest BCUT2D eigenvalue weighted by Crippen LogP contribution is 2.36. The molecular weight excluding hydrogens is 412 g/mol. The Morgan fingerprint density at radius 1 is 1.28 bits per heavy atom. The Balaban J connectivity index is 1.97. The zero-order valence-corrected chi connectivity index (χ0v) is 15.3. The number of phenolic OH excluding ortho intramolecular Hbond substituents is 1. The Hall–Kier alpha value is -2.51. The Morgan fingerprint density at radius 3 is 2.72 bits per heavy atom. The summed E-state index contributed by atoms with van der Waals surface area (Å²) in [5.41, 5.74) is 1.05. The van der Waals surface area contributed by atoms with E-state index in [1.807, 2.05) is 0 Å². The van der Waals surface area contributed by atoms with Crippen LogP contribution in [-0.2, 0) is 4.79 Å². The average Bonchev–Trinajstić information content (AvgIpc) is 2.84. The molecule has 0 atom stereocenters. The molecule has 1 aliphatic rings. The number of nitrogens with zero attached hydrogens (tertiary/aromatic N) is 1. The summed E-state index contributed by atoms with van der Waals surface area (Å²) in [7, 11) is 1.42. The quantitative estimate of drug-likeness (QED) is 0.579. The van der Waals surface area contributed by atoms with Gasteiger partial charge in [0.2, 0.25) is 0 Å². The van der Waals surface area contributed by atoms with E-state index < -0.39 is 11.9 Å². The van der Waals surface area contributed by atoms with Crippen LogP contribution in [0, 0.1) is 0 Å². The number of hydrogen-bond donors (Lipinski definition) is 2. The molecule has 3 rings (SSSR count). The Morgan fingerprint density at radius 2 is 2.04 bits per heavy atom. The van der Waals surface area contributed by atoms with Gasteiger partial charge in [0, 0.05) is 5.02 Å². The van der Waals surface area contributed by atoms with E-state index in [1.165, 1.54) is 19.3 Å². The minimum absolute atomic E-state index is 0.0491. The van der Waals surface area contributed by atoms with Crippen molar-refractivity contribution >= 4 is 51.2 Å². The van der Waals surface area contributed by atoms with Gasteiger partial charge >= 0.3 is 6.03 Å². The standard InChI is InChI=1S/C17H12BrClN2O4/c1-25-14-7-9(5-12(18)15(14)22)6-13-16(23)21(17(24)20-13)11-4-2-3-10(19)8-11/h2-8,22H,1H3,(H,20,24)/b13-6+. The molecule has 0 bridgehead atoms. The number of halogens is 2. The molecule has 0 saturated carbocycles. The lowest BCUT2D eigenvalue weighted by atomic mass is 10.1. The van der Waals surface area contributed by atoms with E-state index >= 15 is 0 Å². The van der Waals surface area contributed by atoms with E-state index in [9.17, 15) is 14.7 Å². The fourth-order valence-electron chi connectivity index (χ4n) is 2.38. The van der Waals surface area contributed by atoms with Gasteiger partial charge in [0.25, 0.3) is 5.91 Å². The number of hydrogen-bond acceptors (Lipinski definition) is 4. The van der Waals surface area contributed by atoms with Crippen molar-refractivity contribution in [2.75, 3.05) is 12.0 Å². The zero-order chi connectivity index (χ0) is 18.1. The smallest absolute Gasteiger partial charge is 0.333 e. The number of aromatic hydroxyl groups is 1. The lowest BCUT2D eigenvalue weighted by molar-refractivity contribution is -0.113. The van der Waals surface area contributed by atoms with Crippen LogP contribution in [0.2, 0.25) is 5.02 Å². The molecule has 1 aliphatic heterocycles. The van der Waals surface area contributed by atoms with Crippen LogP contribution in [-0.4, -0.2) is 24.2 Å². The molecule has 1 saturated heterocycles. The van der Waals surface area contributed by atoms with Gasteiger partial charge in [-0.25, -0.2) is 9.69 Å². The van der Waals surface area contributed by atoms with Crippen LogP contribution < -0.4 is 15.0 Å². The number of nitrogens with one attached hydrogen (secondary N) is 1. The molecule has 1 heterocycles. The topological polar surface area (TPSA) is 78.9 Å². The summed E-state index contributed by atoms with van der Waals surface area (Å²) in [6, 6.07) is 9.04. The van der Waals surface area contributed by atoms with Crippen molar-refractivity contribution in [3.63, 3.8) is 0 Å². The number of rotatable bonds is 3. The molecule has 2 aromatic carbocycles. The summed E-state index contributed by atoms with van der Waals surface area (Å²) in [5, 5.41) is 12.8. The van der Waals surface area contributed by atoms with Gasteiger partial charge < -0.3 is 15.2 Å². The first-order valence-corrected chi connectivity index (χ1v) is 8.27. The highest BCUT2D eigenvalue weighted by molar-refractivity contribution is 9.10. The monoisotopic (exact) mass is 422 g/mol. The average molecular weight is 424 g/mol. The maximum absolute atomic E-state index is 12.6. The van der Waals surface area contributed by atoms with Crippen molar-refractivity contribution in [1.82, 2.24) is 5.32 Å². The number of ether oxygens (including phenoxy) is 1. The molecule has 25 heavy (non-hydrogen) atoms. The largest absolute Gasteiger partial charge is 0.503 e. The van der Waals surface area contributed by atoms with Crippen molar-refractivity contribution in [1.29, 1.82) is 0 Å². The fraction of sp³-hybridized carbons (Fsp3) is 0.0588. The Labute approximate surface area is 156 Å². The fourth-order valence-corrected chi connectivity index (χ4v) is 3.03. The summed E-state index contributed by atoms with van der Waals surface area (Å²) in [6.45, 7) is 0. The van der Waals surface area contributed by atoms with Gasteiger partial charge in [-0.15, -0.1) is 0 Å². The second kappa shape index (κ2) is 6.78. The highest BCUT2D eigenvalue weighted by Gasteiger charge is 2.35. The van der Waals surface area contributed by atoms with Crippen LogP contribution >= 0.6 is 27.5 Å². The minimum Gasteiger partial charge on any atom is -0.503 e. The lowest BCUT2D eigenvalue weighted by Crippen LogP contribution is -2.30. The third-order valence-electron chi connectivity index (χ3n) is 3.53. The number of amides is 3. The lowest BCUT2D eigenvalue weighted by Gasteiger charge is -2.11. The van der Waals surface area contributed by atoms with Crippen LogP contribution in [0.25, 0.3) is 6.08 Å². The number of imide groups is 1. The molecule has 0 radical (unpaired) electrons. The van der Waals surface area contributed by atoms with E-state index in [1.54, 1.807) is 30.3 Å². The summed E-state index contributed by atoms with van der Waals surface area (Å²) in [4.78, 5) is 25.8. The van der Waals surface area contributed by atoms with Crippen LogP contribution in [0.3, 0.4) is 0 Å². The number of benzene rings is 2. The molecular formula is C17H12BrClN2O4. The normalized spacial score (nSPS) is 15.6. The van der Waals surface area contributed by atoms with Crippen molar-refractivity contribution in [2.24, 2.45) is 0 Å². The van der Waals surface area contributed by atoms with Crippen LogP contribution in [0.4, 0.5) is 10.5 Å². The second-order valence-corrected chi connectivity index (χ2v) is 6.45. The predicted octanol–water partition coefficient (Wildman–Crippen LogP) is 3.91. The van der Waals surface area contributed by atoms with Crippen molar-refractivity contribution < 1.29 is 19.4 Å². The van der Waals surface area contributed by atoms with Gasteiger partial charge in [-0.3, -0.25) is 4.79 Å². The summed E-state index contributed by atoms with van der Waals surface area (Å²) < 4.78 is 5.48. The molecule has 2 N–H and O–H groups in total. The number of carbonyl (C=O) groups is 2. The first-order chi connectivity index (χ1) is 11.9. The molecule has 0 unspecified atom stereocenters. The third-order valence-corrected chi connectivity index (χ3v) is 4.37. The Kier molecular flexibility index (Phi) is 4.69. The molecule has 3 amide bonds. The van der Waals surface area contributed by atoms with E-state index in [0.29, 0.717) is 20.7 Å². The molecule has 128 valence electrons. The van der Waals surface area contributed by atoms with Gasteiger partial charge in [-0.2, -0.15) is 0 Å². The minimum atomic E-state index is -0.566. The number of anilines is 1. The molecule has 2 aromatic rings. The first kappa shape index (κ1) is 17.3. The van der Waals surface area contributed by atoms with E-state index in [2.05, 4.69) is 21.2 Å². The number of urea groups is 1. The van der Waals surface area contributed by atoms with Crippen molar-refractivity contribution in [3.05, 3.63) is 57.2 Å². The molecule has 0 spiro atoms. The third kappa shape index (κ3) is 3.33. The summed E-state index contributed by atoms with van der Waals surface area (Å²) >= 11 is 9.14. The molecule has 6 nitrogen and oxygen atoms in total.